The summed E-state index contributed by atoms with van der Waals surface area (Å²) in [7, 11) is 1.59. The molecule has 1 aliphatic rings. The molecule has 4 rings (SSSR count). The van der Waals surface area contributed by atoms with Gasteiger partial charge in [0.05, 0.1) is 13.2 Å². The number of carbonyl (C=O) groups excluding carboxylic acids is 2. The van der Waals surface area contributed by atoms with Gasteiger partial charge in [0, 0.05) is 22.1 Å². The van der Waals surface area contributed by atoms with Gasteiger partial charge in [-0.05, 0) is 48.7 Å². The van der Waals surface area contributed by atoms with Crippen molar-refractivity contribution >= 4 is 29.3 Å². The molecule has 0 aliphatic carbocycles. The number of ether oxygens (including phenoxy) is 1. The summed E-state index contributed by atoms with van der Waals surface area (Å²) in [6.45, 7) is 1.42. The molecule has 1 N–H and O–H groups in total. The molecule has 174 valence electrons. The lowest BCUT2D eigenvalue weighted by molar-refractivity contribution is -0.141. The molecule has 1 aliphatic heterocycles. The number of ketones is 1. The zero-order chi connectivity index (χ0) is 24.4. The summed E-state index contributed by atoms with van der Waals surface area (Å²) < 4.78 is 5.42. The van der Waals surface area contributed by atoms with Crippen LogP contribution in [0.3, 0.4) is 0 Å². The van der Waals surface area contributed by atoms with Crippen LogP contribution in [-0.2, 0) is 9.59 Å². The van der Waals surface area contributed by atoms with Gasteiger partial charge in [0.15, 0.2) is 0 Å². The van der Waals surface area contributed by atoms with Crippen molar-refractivity contribution in [2.75, 3.05) is 7.11 Å². The van der Waals surface area contributed by atoms with Gasteiger partial charge in [-0.2, -0.15) is 0 Å². The molecule has 3 aromatic carbocycles. The van der Waals surface area contributed by atoms with Crippen molar-refractivity contribution in [3.05, 3.63) is 88.9 Å². The first-order valence-corrected chi connectivity index (χ1v) is 11.2. The minimum Gasteiger partial charge on any atom is -0.496 e. The number of benzene rings is 3. The fourth-order valence-corrected chi connectivity index (χ4v) is 4.90. The van der Waals surface area contributed by atoms with Crippen LogP contribution in [0.1, 0.15) is 35.3 Å². The number of para-hydroxylation sites is 1. The van der Waals surface area contributed by atoms with Gasteiger partial charge in [0.2, 0.25) is 0 Å². The maximum Gasteiger partial charge on any atom is 0.326 e. The number of hydrogen-bond acceptors (Lipinski definition) is 4. The third-order valence-electron chi connectivity index (χ3n) is 6.31. The molecule has 1 heterocycles. The van der Waals surface area contributed by atoms with Gasteiger partial charge in [0.1, 0.15) is 17.6 Å². The summed E-state index contributed by atoms with van der Waals surface area (Å²) >= 11 is 6.43. The summed E-state index contributed by atoms with van der Waals surface area (Å²) in [4.78, 5) is 39.6. The summed E-state index contributed by atoms with van der Waals surface area (Å²) in [6, 6.07) is 19.5. The highest BCUT2D eigenvalue weighted by Gasteiger charge is 2.50. The van der Waals surface area contributed by atoms with Crippen LogP contribution < -0.4 is 4.74 Å². The number of Topliss-reactive ketones (excluding diaryl/α,β-unsaturated/α-hetero) is 1. The van der Waals surface area contributed by atoms with E-state index in [-0.39, 0.29) is 12.2 Å². The Balaban J connectivity index is 1.75. The molecule has 0 radical (unpaired) electrons. The van der Waals surface area contributed by atoms with Crippen LogP contribution in [0.2, 0.25) is 5.02 Å². The molecule has 1 fully saturated rings. The number of hydrogen-bond donors (Lipinski definition) is 1. The third kappa shape index (κ3) is 4.29. The van der Waals surface area contributed by atoms with Crippen molar-refractivity contribution in [3.8, 4) is 16.9 Å². The molecule has 0 bridgehead atoms. The van der Waals surface area contributed by atoms with Crippen molar-refractivity contribution in [2.24, 2.45) is 5.92 Å². The monoisotopic (exact) mass is 477 g/mol. The van der Waals surface area contributed by atoms with Gasteiger partial charge in [-0.1, -0.05) is 60.1 Å². The zero-order valence-electron chi connectivity index (χ0n) is 18.8. The molecular weight excluding hydrogens is 454 g/mol. The maximum atomic E-state index is 13.7. The predicted octanol–water partition coefficient (Wildman–Crippen LogP) is 5.26. The maximum absolute atomic E-state index is 13.7. The quantitative estimate of drug-likeness (QED) is 0.523. The lowest BCUT2D eigenvalue weighted by atomic mass is 9.90. The summed E-state index contributed by atoms with van der Waals surface area (Å²) in [5.74, 6) is -1.77. The highest BCUT2D eigenvalue weighted by Crippen LogP contribution is 2.44. The normalized spacial score (nSPS) is 19.6. The Morgan fingerprint density at radius 3 is 2.24 bits per heavy atom. The van der Waals surface area contributed by atoms with E-state index in [1.54, 1.807) is 55.6 Å². The van der Waals surface area contributed by atoms with Gasteiger partial charge in [-0.15, -0.1) is 0 Å². The Morgan fingerprint density at radius 2 is 1.62 bits per heavy atom. The molecule has 0 aromatic heterocycles. The fourth-order valence-electron chi connectivity index (χ4n) is 4.65. The highest BCUT2D eigenvalue weighted by molar-refractivity contribution is 6.31. The van der Waals surface area contributed by atoms with Crippen molar-refractivity contribution < 1.29 is 24.2 Å². The van der Waals surface area contributed by atoms with E-state index < -0.39 is 29.9 Å². The molecule has 0 saturated carbocycles. The van der Waals surface area contributed by atoms with Gasteiger partial charge in [-0.3, -0.25) is 9.59 Å². The van der Waals surface area contributed by atoms with E-state index >= 15 is 0 Å². The van der Waals surface area contributed by atoms with Crippen LogP contribution in [0.4, 0.5) is 0 Å². The van der Waals surface area contributed by atoms with Crippen LogP contribution in [0, 0.1) is 5.92 Å². The number of carboxylic acid groups (broad SMARTS) is 1. The number of methoxy groups -OCH3 is 1. The van der Waals surface area contributed by atoms with Gasteiger partial charge >= 0.3 is 5.97 Å². The Morgan fingerprint density at radius 1 is 0.971 bits per heavy atom. The van der Waals surface area contributed by atoms with Crippen molar-refractivity contribution in [2.45, 2.75) is 25.4 Å². The molecule has 3 atom stereocenters. The lowest BCUT2D eigenvalue weighted by Crippen LogP contribution is -2.42. The first-order chi connectivity index (χ1) is 16.3. The molecule has 7 heteroatoms. The van der Waals surface area contributed by atoms with E-state index in [9.17, 15) is 19.5 Å². The van der Waals surface area contributed by atoms with E-state index in [2.05, 4.69) is 0 Å². The molecule has 3 aromatic rings. The minimum atomic E-state index is -1.15. The molecule has 1 unspecified atom stereocenters. The fraction of sp³-hybridized carbons (Fsp3) is 0.222. The van der Waals surface area contributed by atoms with E-state index in [4.69, 9.17) is 16.3 Å². The van der Waals surface area contributed by atoms with Crippen molar-refractivity contribution in [3.63, 3.8) is 0 Å². The number of carbonyl (C=O) groups is 3. The molecular formula is C27H24ClNO5. The lowest BCUT2D eigenvalue weighted by Gasteiger charge is -2.31. The average Bonchev–Trinajstić information content (AvgIpc) is 3.25. The summed E-state index contributed by atoms with van der Waals surface area (Å²) in [6.07, 6.45) is 0.0333. The largest absolute Gasteiger partial charge is 0.496 e. The standard InChI is InChI=1S/C27H24ClNO5/c1-16(30)21-15-23(27(32)33)29(25(21)20-8-3-5-9-22(20)28)26(31)18-13-11-17(12-14-18)19-7-4-6-10-24(19)34-2/h3-14,21,23,25H,15H2,1-2H3,(H,32,33)/t21?,23-,25-/m0/s1. The molecule has 34 heavy (non-hydrogen) atoms. The average molecular weight is 478 g/mol. The Kier molecular flexibility index (Phi) is 6.70. The number of aliphatic carboxylic acids is 1. The Labute approximate surface area is 202 Å². The number of rotatable bonds is 6. The van der Waals surface area contributed by atoms with Gasteiger partial charge in [0.25, 0.3) is 5.91 Å². The minimum absolute atomic E-state index is 0.0333. The predicted molar refractivity (Wildman–Crippen MR) is 129 cm³/mol. The van der Waals surface area contributed by atoms with Crippen molar-refractivity contribution in [1.29, 1.82) is 0 Å². The van der Waals surface area contributed by atoms with Gasteiger partial charge in [-0.25, -0.2) is 4.79 Å². The van der Waals surface area contributed by atoms with Crippen LogP contribution in [0.15, 0.2) is 72.8 Å². The summed E-state index contributed by atoms with van der Waals surface area (Å²) in [5, 5.41) is 10.3. The topological polar surface area (TPSA) is 83.9 Å². The van der Waals surface area contributed by atoms with Gasteiger partial charge < -0.3 is 14.7 Å². The zero-order valence-corrected chi connectivity index (χ0v) is 19.5. The van der Waals surface area contributed by atoms with E-state index in [1.807, 2.05) is 24.3 Å². The Hall–Kier alpha value is -3.64. The highest BCUT2D eigenvalue weighted by atomic mass is 35.5. The van der Waals surface area contributed by atoms with E-state index in [0.717, 1.165) is 11.1 Å². The molecule has 1 amide bonds. The van der Waals surface area contributed by atoms with Crippen LogP contribution in [0.25, 0.3) is 11.1 Å². The number of likely N-dealkylation sites (tertiary alicyclic amines) is 1. The molecule has 1 saturated heterocycles. The van der Waals surface area contributed by atoms with Crippen LogP contribution in [-0.4, -0.2) is 40.8 Å². The van der Waals surface area contributed by atoms with E-state index in [1.165, 1.54) is 11.8 Å². The summed E-state index contributed by atoms with van der Waals surface area (Å²) in [5.41, 5.74) is 2.62. The third-order valence-corrected chi connectivity index (χ3v) is 6.65. The molecule has 0 spiro atoms. The second-order valence-corrected chi connectivity index (χ2v) is 8.67. The second kappa shape index (κ2) is 9.69. The van der Waals surface area contributed by atoms with E-state index in [0.29, 0.717) is 21.9 Å². The van der Waals surface area contributed by atoms with Crippen LogP contribution >= 0.6 is 11.6 Å². The number of halogens is 1. The molecule has 6 nitrogen and oxygen atoms in total. The first kappa shape index (κ1) is 23.5. The SMILES string of the molecule is COc1ccccc1-c1ccc(C(=O)N2[C@H](C(=O)O)CC(C(C)=O)[C@@H]2c2ccccc2Cl)cc1. The first-order valence-electron chi connectivity index (χ1n) is 10.9. The second-order valence-electron chi connectivity index (χ2n) is 8.26. The number of carboxylic acids is 1. The Bertz CT molecular complexity index is 1240. The van der Waals surface area contributed by atoms with Crippen LogP contribution in [0.5, 0.6) is 5.75 Å². The smallest absolute Gasteiger partial charge is 0.326 e. The number of nitrogens with zero attached hydrogens (tertiary/aromatic N) is 1. The van der Waals surface area contributed by atoms with Crippen molar-refractivity contribution in [1.82, 2.24) is 4.90 Å². The number of amides is 1.